The minimum Gasteiger partial charge on any atom is -0.356 e. The van der Waals surface area contributed by atoms with Crippen molar-refractivity contribution in [2.75, 3.05) is 11.5 Å². The molecule has 0 aromatic rings. The molecule has 0 saturated carbocycles. The third-order valence-electron chi connectivity index (χ3n) is 2.10. The van der Waals surface area contributed by atoms with Crippen molar-refractivity contribution in [2.45, 2.75) is 28.8 Å². The number of alkyl halides is 2. The van der Waals surface area contributed by atoms with Crippen molar-refractivity contribution >= 4 is 45.2 Å². The average molecular weight is 423 g/mol. The fourth-order valence-corrected chi connectivity index (χ4v) is 3.94. The van der Waals surface area contributed by atoms with E-state index in [1.165, 1.54) is 0 Å². The summed E-state index contributed by atoms with van der Waals surface area (Å²) in [6.45, 7) is 0. The lowest BCUT2D eigenvalue weighted by molar-refractivity contribution is -0.172. The Morgan fingerprint density at radius 3 is 2.93 bits per heavy atom. The van der Waals surface area contributed by atoms with Gasteiger partial charge in [-0.15, -0.1) is 0 Å². The summed E-state index contributed by atoms with van der Waals surface area (Å²) in [4.78, 5) is 2.85. The van der Waals surface area contributed by atoms with Crippen LogP contribution in [-0.4, -0.2) is 33.9 Å². The minimum absolute atomic E-state index is 0.0286. The van der Waals surface area contributed by atoms with E-state index >= 15 is 0 Å². The van der Waals surface area contributed by atoms with E-state index in [4.69, 9.17) is 15.0 Å². The predicted molar refractivity (Wildman–Crippen MR) is 69.9 cm³/mol. The second kappa shape index (κ2) is 6.31. The van der Waals surface area contributed by atoms with E-state index < -0.39 is 0 Å². The molecular weight excluding hydrogens is 412 g/mol. The van der Waals surface area contributed by atoms with Crippen LogP contribution in [-0.2, 0) is 9.47 Å². The van der Waals surface area contributed by atoms with Crippen LogP contribution >= 0.6 is 45.2 Å². The summed E-state index contributed by atoms with van der Waals surface area (Å²) in [6, 6.07) is -0.0286. The van der Waals surface area contributed by atoms with E-state index in [-0.39, 0.29) is 22.4 Å². The molecule has 0 aliphatic carbocycles. The average Bonchev–Trinajstić information content (AvgIpc) is 2.21. The number of ether oxygens (including phenoxy) is 2. The molecule has 0 N–H and O–H groups in total. The van der Waals surface area contributed by atoms with E-state index in [9.17, 15) is 0 Å². The molecule has 0 radical (unpaired) electrons. The maximum Gasteiger partial charge on any atom is 0.158 e. The highest BCUT2D eigenvalue weighted by Gasteiger charge is 2.36. The van der Waals surface area contributed by atoms with Gasteiger partial charge in [0, 0.05) is 26.8 Å². The van der Waals surface area contributed by atoms with Crippen molar-refractivity contribution in [3.63, 3.8) is 0 Å². The molecule has 4 atom stereocenters. The second-order valence-corrected chi connectivity index (χ2v) is 5.27. The number of hydrogen-bond acceptors (Lipinski definition) is 3. The fraction of sp³-hybridized carbons (Fsp3) is 1.00. The van der Waals surface area contributed by atoms with Crippen LogP contribution in [0.2, 0.25) is 0 Å². The van der Waals surface area contributed by atoms with Crippen molar-refractivity contribution in [2.24, 2.45) is 5.11 Å². The molecule has 0 bridgehead atoms. The summed E-state index contributed by atoms with van der Waals surface area (Å²) in [5.41, 5.74) is 8.43. The summed E-state index contributed by atoms with van der Waals surface area (Å²) >= 11 is 4.55. The van der Waals surface area contributed by atoms with Crippen molar-refractivity contribution in [3.8, 4) is 0 Å². The van der Waals surface area contributed by atoms with Crippen LogP contribution in [0.4, 0.5) is 0 Å². The normalized spacial score (nSPS) is 37.6. The standard InChI is InChI=1S/C7H11I2N3O2/c1-13-6-2-4(11-12-10)7(9)5(3-8)14-6/h4-7H,2-3H2,1H3/t4-,5+,6-,7+/m0/s1. The zero-order chi connectivity index (χ0) is 10.6. The minimum atomic E-state index is -0.240. The molecule has 1 rings (SSSR count). The number of hydrogen-bond donors (Lipinski definition) is 0. The van der Waals surface area contributed by atoms with Crippen LogP contribution < -0.4 is 0 Å². The molecule has 0 aromatic heterocycles. The fourth-order valence-electron chi connectivity index (χ4n) is 1.35. The topological polar surface area (TPSA) is 67.2 Å². The van der Waals surface area contributed by atoms with Crippen LogP contribution in [0, 0.1) is 0 Å². The van der Waals surface area contributed by atoms with Gasteiger partial charge >= 0.3 is 0 Å². The summed E-state index contributed by atoms with van der Waals surface area (Å²) < 4.78 is 11.9. The first kappa shape index (κ1) is 12.8. The molecule has 0 amide bonds. The van der Waals surface area contributed by atoms with E-state index in [0.29, 0.717) is 6.42 Å². The Morgan fingerprint density at radius 1 is 1.71 bits per heavy atom. The summed E-state index contributed by atoms with van der Waals surface area (Å²) in [6.07, 6.45) is 0.503. The number of rotatable bonds is 3. The van der Waals surface area contributed by atoms with Gasteiger partial charge in [0.25, 0.3) is 0 Å². The molecule has 1 heterocycles. The molecule has 1 aliphatic rings. The van der Waals surface area contributed by atoms with Crippen molar-refractivity contribution in [1.82, 2.24) is 0 Å². The molecular formula is C7H11I2N3O2. The first-order valence-corrected chi connectivity index (χ1v) is 6.92. The van der Waals surface area contributed by atoms with E-state index in [0.717, 1.165) is 4.43 Å². The van der Waals surface area contributed by atoms with Crippen LogP contribution in [0.1, 0.15) is 6.42 Å². The lowest BCUT2D eigenvalue weighted by Crippen LogP contribution is -2.45. The highest BCUT2D eigenvalue weighted by Crippen LogP contribution is 2.29. The zero-order valence-corrected chi connectivity index (χ0v) is 12.0. The predicted octanol–water partition coefficient (Wildman–Crippen LogP) is 2.67. The lowest BCUT2D eigenvalue weighted by atomic mass is 10.0. The molecule has 80 valence electrons. The van der Waals surface area contributed by atoms with Gasteiger partial charge in [-0.25, -0.2) is 0 Å². The first-order chi connectivity index (χ1) is 6.72. The smallest absolute Gasteiger partial charge is 0.158 e. The summed E-state index contributed by atoms with van der Waals surface area (Å²) in [5.74, 6) is 0. The number of azide groups is 1. The largest absolute Gasteiger partial charge is 0.356 e. The Kier molecular flexibility index (Phi) is 5.75. The molecule has 0 unspecified atom stereocenters. The van der Waals surface area contributed by atoms with Crippen LogP contribution in [0.5, 0.6) is 0 Å². The maximum atomic E-state index is 8.43. The van der Waals surface area contributed by atoms with E-state index in [1.807, 2.05) is 0 Å². The highest BCUT2D eigenvalue weighted by molar-refractivity contribution is 14.1. The van der Waals surface area contributed by atoms with Gasteiger partial charge in [0.05, 0.1) is 12.1 Å². The molecule has 0 aromatic carbocycles. The van der Waals surface area contributed by atoms with Crippen LogP contribution in [0.15, 0.2) is 5.11 Å². The van der Waals surface area contributed by atoms with Gasteiger partial charge in [0.15, 0.2) is 6.29 Å². The van der Waals surface area contributed by atoms with Crippen LogP contribution in [0.3, 0.4) is 0 Å². The van der Waals surface area contributed by atoms with Crippen molar-refractivity contribution < 1.29 is 9.47 Å². The summed E-state index contributed by atoms with van der Waals surface area (Å²) in [7, 11) is 1.61. The lowest BCUT2D eigenvalue weighted by Gasteiger charge is -2.36. The van der Waals surface area contributed by atoms with Gasteiger partial charge in [0.2, 0.25) is 0 Å². The van der Waals surface area contributed by atoms with Gasteiger partial charge in [0.1, 0.15) is 0 Å². The molecule has 1 aliphatic heterocycles. The molecule has 1 saturated heterocycles. The quantitative estimate of drug-likeness (QED) is 0.231. The van der Waals surface area contributed by atoms with Crippen LogP contribution in [0.25, 0.3) is 10.4 Å². The highest BCUT2D eigenvalue weighted by atomic mass is 127. The molecule has 14 heavy (non-hydrogen) atoms. The third-order valence-corrected chi connectivity index (χ3v) is 4.60. The second-order valence-electron chi connectivity index (χ2n) is 2.95. The Bertz CT molecular complexity index is 235. The Hall–Kier alpha value is 0.690. The molecule has 7 heteroatoms. The third kappa shape index (κ3) is 3.09. The van der Waals surface area contributed by atoms with Crippen molar-refractivity contribution in [1.29, 1.82) is 0 Å². The van der Waals surface area contributed by atoms with E-state index in [2.05, 4.69) is 55.2 Å². The summed E-state index contributed by atoms with van der Waals surface area (Å²) in [5, 5.41) is 3.77. The maximum absolute atomic E-state index is 8.43. The Balaban J connectivity index is 2.69. The SMILES string of the molecule is CO[C@@H]1C[C@H](N=[N+]=[N-])[C@@H](I)[C@@H](CI)O1. The number of methoxy groups -OCH3 is 1. The van der Waals surface area contributed by atoms with Gasteiger partial charge in [-0.3, -0.25) is 0 Å². The molecule has 1 fully saturated rings. The molecule has 5 nitrogen and oxygen atoms in total. The number of halogens is 2. The van der Waals surface area contributed by atoms with E-state index in [1.54, 1.807) is 7.11 Å². The first-order valence-electron chi connectivity index (χ1n) is 4.15. The molecule has 0 spiro atoms. The number of nitrogens with zero attached hydrogens (tertiary/aromatic N) is 3. The van der Waals surface area contributed by atoms with Gasteiger partial charge < -0.3 is 9.47 Å². The Labute approximate surface area is 110 Å². The monoisotopic (exact) mass is 423 g/mol. The van der Waals surface area contributed by atoms with Crippen molar-refractivity contribution in [3.05, 3.63) is 10.4 Å². The zero-order valence-electron chi connectivity index (χ0n) is 7.64. The van der Waals surface area contributed by atoms with Gasteiger partial charge in [-0.05, 0) is 5.53 Å². The van der Waals surface area contributed by atoms with Gasteiger partial charge in [-0.2, -0.15) is 0 Å². The van der Waals surface area contributed by atoms with Gasteiger partial charge in [-0.1, -0.05) is 50.3 Å². The Morgan fingerprint density at radius 2 is 2.43 bits per heavy atom.